The SMILES string of the molecule is O=c1n(CC2CC2)c2cccnc2n1[C@@H]1CCN(Cc2ccco2)C1. The Balaban J connectivity index is 1.46. The van der Waals surface area contributed by atoms with Crippen LogP contribution < -0.4 is 5.69 Å². The Morgan fingerprint density at radius 2 is 2.12 bits per heavy atom. The zero-order valence-electron chi connectivity index (χ0n) is 14.2. The highest BCUT2D eigenvalue weighted by Gasteiger charge is 2.30. The van der Waals surface area contributed by atoms with E-state index < -0.39 is 0 Å². The van der Waals surface area contributed by atoms with Crippen LogP contribution in [-0.2, 0) is 13.1 Å². The number of hydrogen-bond acceptors (Lipinski definition) is 4. The third-order valence-electron chi connectivity index (χ3n) is 5.43. The number of rotatable bonds is 5. The summed E-state index contributed by atoms with van der Waals surface area (Å²) in [5.74, 6) is 1.64. The summed E-state index contributed by atoms with van der Waals surface area (Å²) in [6.45, 7) is 3.46. The van der Waals surface area contributed by atoms with Gasteiger partial charge in [-0.1, -0.05) is 0 Å². The molecule has 5 rings (SSSR count). The molecule has 1 saturated carbocycles. The van der Waals surface area contributed by atoms with Gasteiger partial charge in [0.05, 0.1) is 24.4 Å². The number of imidazole rings is 1. The van der Waals surface area contributed by atoms with Gasteiger partial charge in [-0.25, -0.2) is 9.78 Å². The number of furan rings is 1. The molecule has 0 amide bonds. The van der Waals surface area contributed by atoms with Crippen molar-refractivity contribution in [2.75, 3.05) is 13.1 Å². The molecule has 130 valence electrons. The molecule has 0 radical (unpaired) electrons. The van der Waals surface area contributed by atoms with Gasteiger partial charge in [0.25, 0.3) is 0 Å². The third-order valence-corrected chi connectivity index (χ3v) is 5.43. The van der Waals surface area contributed by atoms with Gasteiger partial charge in [0.1, 0.15) is 5.76 Å². The molecule has 1 atom stereocenters. The van der Waals surface area contributed by atoms with E-state index in [2.05, 4.69) is 9.88 Å². The maximum Gasteiger partial charge on any atom is 0.330 e. The fraction of sp³-hybridized carbons (Fsp3) is 0.474. The molecule has 0 spiro atoms. The molecule has 25 heavy (non-hydrogen) atoms. The Kier molecular flexibility index (Phi) is 3.52. The molecule has 2 fully saturated rings. The van der Waals surface area contributed by atoms with E-state index in [1.54, 1.807) is 12.5 Å². The fourth-order valence-electron chi connectivity index (χ4n) is 3.96. The molecule has 0 aromatic carbocycles. The second-order valence-corrected chi connectivity index (χ2v) is 7.31. The van der Waals surface area contributed by atoms with Crippen molar-refractivity contribution in [3.05, 3.63) is 53.0 Å². The van der Waals surface area contributed by atoms with Crippen LogP contribution in [0.1, 0.15) is 31.1 Å². The molecule has 6 heteroatoms. The summed E-state index contributed by atoms with van der Waals surface area (Å²) in [6.07, 6.45) is 6.94. The normalized spacial score (nSPS) is 21.4. The number of aromatic nitrogens is 3. The largest absolute Gasteiger partial charge is 0.468 e. The minimum Gasteiger partial charge on any atom is -0.468 e. The Hall–Kier alpha value is -2.34. The molecule has 1 saturated heterocycles. The molecule has 1 aliphatic carbocycles. The van der Waals surface area contributed by atoms with Crippen molar-refractivity contribution in [2.45, 2.75) is 38.4 Å². The molecular weight excluding hydrogens is 316 g/mol. The Morgan fingerprint density at radius 1 is 1.20 bits per heavy atom. The van der Waals surface area contributed by atoms with Gasteiger partial charge in [0, 0.05) is 25.8 Å². The van der Waals surface area contributed by atoms with Crippen LogP contribution in [0.2, 0.25) is 0 Å². The van der Waals surface area contributed by atoms with Crippen LogP contribution in [0, 0.1) is 5.92 Å². The maximum atomic E-state index is 13.1. The Morgan fingerprint density at radius 3 is 2.92 bits per heavy atom. The van der Waals surface area contributed by atoms with Crippen molar-refractivity contribution in [2.24, 2.45) is 5.92 Å². The van der Waals surface area contributed by atoms with E-state index in [1.807, 2.05) is 33.4 Å². The van der Waals surface area contributed by atoms with Crippen LogP contribution in [0.4, 0.5) is 0 Å². The molecule has 2 aliphatic rings. The standard InChI is InChI=1S/C19H22N4O2/c24-19-22(11-14-5-6-14)17-4-1-8-20-18(17)23(19)15-7-9-21(12-15)13-16-3-2-10-25-16/h1-4,8,10,14-15H,5-7,9,11-13H2/t15-/m1/s1. The first-order valence-electron chi connectivity index (χ1n) is 9.10. The van der Waals surface area contributed by atoms with Crippen molar-refractivity contribution >= 4 is 11.2 Å². The number of nitrogens with zero attached hydrogens (tertiary/aromatic N) is 4. The highest BCUT2D eigenvalue weighted by atomic mass is 16.3. The topological polar surface area (TPSA) is 56.2 Å². The van der Waals surface area contributed by atoms with Crippen molar-refractivity contribution in [3.8, 4) is 0 Å². The highest BCUT2D eigenvalue weighted by molar-refractivity contribution is 5.71. The van der Waals surface area contributed by atoms with Gasteiger partial charge in [-0.15, -0.1) is 0 Å². The lowest BCUT2D eigenvalue weighted by molar-refractivity contribution is 0.286. The number of pyridine rings is 1. The summed E-state index contributed by atoms with van der Waals surface area (Å²) in [7, 11) is 0. The molecule has 1 aliphatic heterocycles. The van der Waals surface area contributed by atoms with E-state index in [4.69, 9.17) is 4.42 Å². The number of likely N-dealkylation sites (tertiary alicyclic amines) is 1. The summed E-state index contributed by atoms with van der Waals surface area (Å²) < 4.78 is 9.33. The molecule has 3 aromatic heterocycles. The summed E-state index contributed by atoms with van der Waals surface area (Å²) in [6, 6.07) is 8.05. The number of fused-ring (bicyclic) bond motifs is 1. The summed E-state index contributed by atoms with van der Waals surface area (Å²) in [5.41, 5.74) is 1.91. The van der Waals surface area contributed by atoms with E-state index in [0.717, 1.165) is 49.5 Å². The van der Waals surface area contributed by atoms with E-state index in [-0.39, 0.29) is 11.7 Å². The van der Waals surface area contributed by atoms with Crippen molar-refractivity contribution in [1.82, 2.24) is 19.0 Å². The fourth-order valence-corrected chi connectivity index (χ4v) is 3.96. The Bertz CT molecular complexity index is 936. The first-order chi connectivity index (χ1) is 12.3. The minimum absolute atomic E-state index is 0.102. The summed E-state index contributed by atoms with van der Waals surface area (Å²) in [4.78, 5) is 20.0. The molecule has 6 nitrogen and oxygen atoms in total. The lowest BCUT2D eigenvalue weighted by Gasteiger charge is -2.15. The second-order valence-electron chi connectivity index (χ2n) is 7.31. The third kappa shape index (κ3) is 2.70. The molecule has 0 unspecified atom stereocenters. The van der Waals surface area contributed by atoms with Gasteiger partial charge in [0.15, 0.2) is 5.65 Å². The number of hydrogen-bond donors (Lipinski definition) is 0. The van der Waals surface area contributed by atoms with Gasteiger partial charge in [-0.2, -0.15) is 0 Å². The van der Waals surface area contributed by atoms with Gasteiger partial charge in [-0.3, -0.25) is 14.0 Å². The first kappa shape index (κ1) is 15.0. The smallest absolute Gasteiger partial charge is 0.330 e. The summed E-state index contributed by atoms with van der Waals surface area (Å²) >= 11 is 0. The van der Waals surface area contributed by atoms with Crippen LogP contribution in [0.5, 0.6) is 0 Å². The minimum atomic E-state index is 0.102. The average Bonchev–Trinajstić information content (AvgIpc) is 3.00. The van der Waals surface area contributed by atoms with Crippen LogP contribution >= 0.6 is 0 Å². The lowest BCUT2D eigenvalue weighted by atomic mass is 10.2. The van der Waals surface area contributed by atoms with Crippen molar-refractivity contribution in [3.63, 3.8) is 0 Å². The molecule has 0 bridgehead atoms. The zero-order valence-corrected chi connectivity index (χ0v) is 14.2. The molecule has 0 N–H and O–H groups in total. The van der Waals surface area contributed by atoms with Gasteiger partial charge >= 0.3 is 5.69 Å². The predicted molar refractivity (Wildman–Crippen MR) is 94.4 cm³/mol. The van der Waals surface area contributed by atoms with Gasteiger partial charge < -0.3 is 4.42 Å². The molecule has 3 aromatic rings. The van der Waals surface area contributed by atoms with Gasteiger partial charge in [-0.05, 0) is 49.4 Å². The van der Waals surface area contributed by atoms with Crippen LogP contribution in [0.3, 0.4) is 0 Å². The van der Waals surface area contributed by atoms with E-state index in [1.165, 1.54) is 12.8 Å². The van der Waals surface area contributed by atoms with E-state index in [9.17, 15) is 4.79 Å². The molecular formula is C19H22N4O2. The second kappa shape index (κ2) is 5.88. The monoisotopic (exact) mass is 338 g/mol. The highest BCUT2D eigenvalue weighted by Crippen LogP contribution is 2.32. The van der Waals surface area contributed by atoms with Crippen LogP contribution in [0.15, 0.2) is 45.9 Å². The Labute approximate surface area is 145 Å². The van der Waals surface area contributed by atoms with E-state index >= 15 is 0 Å². The quantitative estimate of drug-likeness (QED) is 0.718. The predicted octanol–water partition coefficient (Wildman–Crippen LogP) is 2.65. The van der Waals surface area contributed by atoms with E-state index in [0.29, 0.717) is 5.92 Å². The zero-order chi connectivity index (χ0) is 16.8. The first-order valence-corrected chi connectivity index (χ1v) is 9.10. The van der Waals surface area contributed by atoms with Crippen LogP contribution in [0.25, 0.3) is 11.2 Å². The van der Waals surface area contributed by atoms with Crippen molar-refractivity contribution in [1.29, 1.82) is 0 Å². The summed E-state index contributed by atoms with van der Waals surface area (Å²) in [5, 5.41) is 0. The molecule has 4 heterocycles. The average molecular weight is 338 g/mol. The van der Waals surface area contributed by atoms with Crippen molar-refractivity contribution < 1.29 is 4.42 Å². The van der Waals surface area contributed by atoms with Crippen LogP contribution in [-0.4, -0.2) is 32.1 Å². The van der Waals surface area contributed by atoms with Gasteiger partial charge in [0.2, 0.25) is 0 Å². The maximum absolute atomic E-state index is 13.1. The lowest BCUT2D eigenvalue weighted by Crippen LogP contribution is -2.30.